The average Bonchev–Trinajstić information content (AvgIpc) is 2.82. The molecule has 1 N–H and O–H groups in total. The lowest BCUT2D eigenvalue weighted by atomic mass is 10.2. The zero-order chi connectivity index (χ0) is 21.5. The van der Waals surface area contributed by atoms with Gasteiger partial charge >= 0.3 is 0 Å². The van der Waals surface area contributed by atoms with Crippen LogP contribution in [0, 0.1) is 0 Å². The largest absolute Gasteiger partial charge is 0.325 e. The van der Waals surface area contributed by atoms with Gasteiger partial charge in [0, 0.05) is 17.5 Å². The second kappa shape index (κ2) is 9.96. The van der Waals surface area contributed by atoms with E-state index in [4.69, 9.17) is 4.98 Å². The zero-order valence-electron chi connectivity index (χ0n) is 17.1. The molecule has 154 valence electrons. The van der Waals surface area contributed by atoms with Crippen molar-refractivity contribution < 1.29 is 0 Å². The van der Waals surface area contributed by atoms with E-state index in [1.807, 2.05) is 78.9 Å². The van der Waals surface area contributed by atoms with E-state index >= 15 is 0 Å². The third-order valence-electron chi connectivity index (χ3n) is 4.78. The molecule has 0 spiro atoms. The van der Waals surface area contributed by atoms with Crippen LogP contribution in [0.2, 0.25) is 0 Å². The third kappa shape index (κ3) is 5.53. The van der Waals surface area contributed by atoms with Gasteiger partial charge in [-0.2, -0.15) is 0 Å². The smallest absolute Gasteiger partial charge is 0.256 e. The van der Waals surface area contributed by atoms with Crippen molar-refractivity contribution in [2.45, 2.75) is 17.3 Å². The number of anilines is 1. The van der Waals surface area contributed by atoms with Crippen LogP contribution in [0.4, 0.5) is 5.95 Å². The predicted molar refractivity (Wildman–Crippen MR) is 129 cm³/mol. The molecule has 0 fully saturated rings. The van der Waals surface area contributed by atoms with Crippen LogP contribution >= 0.6 is 11.8 Å². The molecule has 0 aliphatic rings. The fourth-order valence-corrected chi connectivity index (χ4v) is 3.99. The van der Waals surface area contributed by atoms with Crippen LogP contribution in [0.25, 0.3) is 5.70 Å². The highest BCUT2D eigenvalue weighted by Gasteiger charge is 2.12. The number of nitrogens with zero attached hydrogens (tertiary/aromatic N) is 2. The maximum absolute atomic E-state index is 13.0. The van der Waals surface area contributed by atoms with Crippen molar-refractivity contribution in [2.24, 2.45) is 0 Å². The van der Waals surface area contributed by atoms with E-state index in [0.717, 1.165) is 16.9 Å². The Kier molecular flexibility index (Phi) is 6.65. The SMILES string of the molecule is C=C(Nc1nc(SCc2ccccc2)cc(=O)n1Cc1ccccc1)c1ccccc1. The molecule has 0 atom stereocenters. The Bertz CT molecular complexity index is 1210. The summed E-state index contributed by atoms with van der Waals surface area (Å²) in [5.74, 6) is 1.23. The monoisotopic (exact) mass is 425 g/mol. The van der Waals surface area contributed by atoms with Crippen LogP contribution in [0.15, 0.2) is 113 Å². The van der Waals surface area contributed by atoms with E-state index < -0.39 is 0 Å². The topological polar surface area (TPSA) is 46.9 Å². The Morgan fingerprint density at radius 3 is 2.10 bits per heavy atom. The number of rotatable bonds is 8. The Morgan fingerprint density at radius 2 is 1.45 bits per heavy atom. The van der Waals surface area contributed by atoms with Gasteiger partial charge < -0.3 is 5.32 Å². The van der Waals surface area contributed by atoms with Crippen LogP contribution in [0.3, 0.4) is 0 Å². The Hall–Kier alpha value is -3.57. The van der Waals surface area contributed by atoms with Crippen LogP contribution in [-0.4, -0.2) is 9.55 Å². The first-order chi connectivity index (χ1) is 15.2. The molecule has 3 aromatic carbocycles. The van der Waals surface area contributed by atoms with Crippen LogP contribution < -0.4 is 10.9 Å². The Balaban J connectivity index is 1.64. The fourth-order valence-electron chi connectivity index (χ4n) is 3.15. The van der Waals surface area contributed by atoms with E-state index in [1.165, 1.54) is 5.56 Å². The van der Waals surface area contributed by atoms with Gasteiger partial charge in [-0.3, -0.25) is 9.36 Å². The van der Waals surface area contributed by atoms with E-state index in [-0.39, 0.29) is 5.56 Å². The molecule has 0 saturated carbocycles. The van der Waals surface area contributed by atoms with Gasteiger partial charge in [0.2, 0.25) is 5.95 Å². The molecule has 4 rings (SSSR count). The first-order valence-corrected chi connectivity index (χ1v) is 11.0. The van der Waals surface area contributed by atoms with Crippen molar-refractivity contribution in [1.29, 1.82) is 0 Å². The number of benzene rings is 3. The minimum Gasteiger partial charge on any atom is -0.325 e. The minimum absolute atomic E-state index is 0.0993. The molecule has 5 heteroatoms. The highest BCUT2D eigenvalue weighted by atomic mass is 32.2. The van der Waals surface area contributed by atoms with E-state index in [1.54, 1.807) is 22.4 Å². The summed E-state index contributed by atoms with van der Waals surface area (Å²) in [4.78, 5) is 17.8. The van der Waals surface area contributed by atoms with Crippen molar-refractivity contribution >= 4 is 23.4 Å². The Labute approximate surface area is 186 Å². The van der Waals surface area contributed by atoms with Crippen molar-refractivity contribution in [2.75, 3.05) is 5.32 Å². The van der Waals surface area contributed by atoms with Gasteiger partial charge in [-0.1, -0.05) is 97.6 Å². The molecule has 4 aromatic rings. The maximum Gasteiger partial charge on any atom is 0.256 e. The molecule has 31 heavy (non-hydrogen) atoms. The minimum atomic E-state index is -0.0993. The van der Waals surface area contributed by atoms with Crippen LogP contribution in [0.1, 0.15) is 16.7 Å². The number of nitrogens with one attached hydrogen (secondary N) is 1. The molecule has 0 unspecified atom stereocenters. The highest BCUT2D eigenvalue weighted by molar-refractivity contribution is 7.98. The van der Waals surface area contributed by atoms with Crippen LogP contribution in [0.5, 0.6) is 0 Å². The van der Waals surface area contributed by atoms with Gasteiger partial charge in [-0.05, 0) is 16.7 Å². The fraction of sp³-hybridized carbons (Fsp3) is 0.0769. The standard InChI is InChI=1S/C26H23N3OS/c1-20(23-15-9-4-10-16-23)27-26-28-24(31-19-22-13-7-3-8-14-22)17-25(30)29(26)18-21-11-5-2-6-12-21/h2-17H,1,18-19H2,(H,27,28). The van der Waals surface area contributed by atoms with Gasteiger partial charge in [-0.15, -0.1) is 11.8 Å². The van der Waals surface area contributed by atoms with Gasteiger partial charge in [0.25, 0.3) is 5.56 Å². The summed E-state index contributed by atoms with van der Waals surface area (Å²) in [5, 5.41) is 3.95. The van der Waals surface area contributed by atoms with Gasteiger partial charge in [0.05, 0.1) is 6.54 Å². The normalized spacial score (nSPS) is 10.6. The maximum atomic E-state index is 13.0. The Morgan fingerprint density at radius 1 is 0.871 bits per heavy atom. The molecular formula is C26H23N3OS. The van der Waals surface area contributed by atoms with Crippen molar-refractivity contribution in [3.05, 3.63) is 131 Å². The molecule has 0 saturated heterocycles. The third-order valence-corrected chi connectivity index (χ3v) is 5.77. The second-order valence-electron chi connectivity index (χ2n) is 7.07. The van der Waals surface area contributed by atoms with Gasteiger partial charge in [-0.25, -0.2) is 4.98 Å². The molecule has 0 aliphatic heterocycles. The summed E-state index contributed by atoms with van der Waals surface area (Å²) in [7, 11) is 0. The van der Waals surface area contributed by atoms with Crippen molar-refractivity contribution in [3.63, 3.8) is 0 Å². The van der Waals surface area contributed by atoms with Gasteiger partial charge in [0.1, 0.15) is 5.03 Å². The van der Waals surface area contributed by atoms with E-state index in [9.17, 15) is 4.79 Å². The summed E-state index contributed by atoms with van der Waals surface area (Å²) < 4.78 is 1.65. The average molecular weight is 426 g/mol. The molecule has 0 radical (unpaired) electrons. The lowest BCUT2D eigenvalue weighted by molar-refractivity contribution is 0.734. The molecule has 0 bridgehead atoms. The summed E-state index contributed by atoms with van der Waals surface area (Å²) in [6, 6.07) is 31.5. The summed E-state index contributed by atoms with van der Waals surface area (Å²) in [6.45, 7) is 4.58. The molecule has 0 amide bonds. The quantitative estimate of drug-likeness (QED) is 0.292. The molecule has 4 nitrogen and oxygen atoms in total. The number of aromatic nitrogens is 2. The van der Waals surface area contributed by atoms with Crippen molar-refractivity contribution in [1.82, 2.24) is 9.55 Å². The molecular weight excluding hydrogens is 402 g/mol. The predicted octanol–water partition coefficient (Wildman–Crippen LogP) is 5.67. The summed E-state index contributed by atoms with van der Waals surface area (Å²) in [6.07, 6.45) is 0. The van der Waals surface area contributed by atoms with E-state index in [2.05, 4.69) is 24.0 Å². The first kappa shape index (κ1) is 20.7. The second-order valence-corrected chi connectivity index (χ2v) is 8.07. The zero-order valence-corrected chi connectivity index (χ0v) is 17.9. The lowest BCUT2D eigenvalue weighted by Gasteiger charge is -2.16. The molecule has 0 aliphatic carbocycles. The summed E-state index contributed by atoms with van der Waals surface area (Å²) >= 11 is 1.55. The first-order valence-electron chi connectivity index (χ1n) is 10.0. The van der Waals surface area contributed by atoms with Gasteiger partial charge in [0.15, 0.2) is 0 Å². The molecule has 1 heterocycles. The highest BCUT2D eigenvalue weighted by Crippen LogP contribution is 2.23. The van der Waals surface area contributed by atoms with E-state index in [0.29, 0.717) is 23.2 Å². The lowest BCUT2D eigenvalue weighted by Crippen LogP contribution is -2.25. The number of hydrogen-bond donors (Lipinski definition) is 1. The molecule has 1 aromatic heterocycles. The van der Waals surface area contributed by atoms with Crippen molar-refractivity contribution in [3.8, 4) is 0 Å². The van der Waals surface area contributed by atoms with Crippen LogP contribution in [-0.2, 0) is 12.3 Å². The number of thioether (sulfide) groups is 1. The summed E-state index contributed by atoms with van der Waals surface area (Å²) in [5.41, 5.74) is 3.76. The number of hydrogen-bond acceptors (Lipinski definition) is 4.